The second-order valence-corrected chi connectivity index (χ2v) is 9.03. The van der Waals surface area contributed by atoms with E-state index in [1.54, 1.807) is 6.07 Å². The van der Waals surface area contributed by atoms with Gasteiger partial charge in [-0.25, -0.2) is 18.0 Å². The number of nitrogens with one attached hydrogen (secondary N) is 1. The molecule has 7 nitrogen and oxygen atoms in total. The summed E-state index contributed by atoms with van der Waals surface area (Å²) in [5, 5.41) is 12.1. The highest BCUT2D eigenvalue weighted by molar-refractivity contribution is 6.39. The molecule has 3 aromatic carbocycles. The van der Waals surface area contributed by atoms with Crippen molar-refractivity contribution in [1.82, 2.24) is 5.32 Å². The van der Waals surface area contributed by atoms with Crippen molar-refractivity contribution in [2.24, 2.45) is 0 Å². The zero-order valence-corrected chi connectivity index (χ0v) is 21.2. The number of halogens is 5. The molecule has 4 rings (SSSR count). The quantitative estimate of drug-likeness (QED) is 0.354. The molecule has 0 bridgehead atoms. The van der Waals surface area contributed by atoms with Crippen molar-refractivity contribution in [3.8, 4) is 28.4 Å². The lowest BCUT2D eigenvalue weighted by molar-refractivity contribution is -0.139. The first-order valence-electron chi connectivity index (χ1n) is 11.3. The van der Waals surface area contributed by atoms with E-state index in [2.05, 4.69) is 5.32 Å². The highest BCUT2D eigenvalue weighted by atomic mass is 35.5. The minimum absolute atomic E-state index is 0.0281. The molecular formula is C26H20Cl2F3NO6. The van der Waals surface area contributed by atoms with E-state index in [0.717, 1.165) is 25.1 Å². The average Bonchev–Trinajstić information content (AvgIpc) is 2.83. The molecule has 3 aromatic rings. The first-order chi connectivity index (χ1) is 18.1. The SMILES string of the molecule is CC(F)Oc1cccc(F)c1C(=O)N[C@@H](Cc1ccc(-c2c(Cl)cc(F)cc2Cl)c2c1OCCO2)C(=O)O. The van der Waals surface area contributed by atoms with Gasteiger partial charge < -0.3 is 24.6 Å². The van der Waals surface area contributed by atoms with Gasteiger partial charge in [0, 0.05) is 30.0 Å². The predicted octanol–water partition coefficient (Wildman–Crippen LogP) is 5.83. The number of carboxylic acid groups (broad SMARTS) is 1. The Morgan fingerprint density at radius 3 is 2.37 bits per heavy atom. The molecule has 0 saturated heterocycles. The molecule has 12 heteroatoms. The summed E-state index contributed by atoms with van der Waals surface area (Å²) < 4.78 is 58.0. The van der Waals surface area contributed by atoms with Crippen LogP contribution in [0.1, 0.15) is 22.8 Å². The van der Waals surface area contributed by atoms with E-state index in [-0.39, 0.29) is 46.9 Å². The van der Waals surface area contributed by atoms with Crippen molar-refractivity contribution in [1.29, 1.82) is 0 Å². The van der Waals surface area contributed by atoms with Crippen LogP contribution in [0.25, 0.3) is 11.1 Å². The highest BCUT2D eigenvalue weighted by Gasteiger charge is 2.30. The molecule has 1 heterocycles. The van der Waals surface area contributed by atoms with Crippen molar-refractivity contribution < 1.29 is 42.1 Å². The summed E-state index contributed by atoms with van der Waals surface area (Å²) in [7, 11) is 0. The number of benzene rings is 3. The van der Waals surface area contributed by atoms with Crippen LogP contribution in [0.2, 0.25) is 10.0 Å². The zero-order valence-electron chi connectivity index (χ0n) is 19.7. The van der Waals surface area contributed by atoms with Crippen molar-refractivity contribution in [3.63, 3.8) is 0 Å². The van der Waals surface area contributed by atoms with E-state index < -0.39 is 41.5 Å². The first kappa shape index (κ1) is 27.4. The summed E-state index contributed by atoms with van der Waals surface area (Å²) >= 11 is 12.5. The third-order valence-corrected chi connectivity index (χ3v) is 6.16. The summed E-state index contributed by atoms with van der Waals surface area (Å²) in [6.07, 6.45) is -2.13. The summed E-state index contributed by atoms with van der Waals surface area (Å²) in [6.45, 7) is 1.37. The van der Waals surface area contributed by atoms with Crippen LogP contribution in [0, 0.1) is 11.6 Å². The lowest BCUT2D eigenvalue weighted by Crippen LogP contribution is -2.43. The number of alkyl halides is 1. The number of fused-ring (bicyclic) bond motifs is 1. The van der Waals surface area contributed by atoms with Crippen LogP contribution < -0.4 is 19.5 Å². The van der Waals surface area contributed by atoms with E-state index in [9.17, 15) is 27.9 Å². The smallest absolute Gasteiger partial charge is 0.326 e. The summed E-state index contributed by atoms with van der Waals surface area (Å²) in [5.41, 5.74) is 0.386. The van der Waals surface area contributed by atoms with E-state index in [1.807, 2.05) is 0 Å². The van der Waals surface area contributed by atoms with Crippen molar-refractivity contribution >= 4 is 35.1 Å². The fraction of sp³-hybridized carbons (Fsp3) is 0.231. The van der Waals surface area contributed by atoms with Crippen molar-refractivity contribution in [2.45, 2.75) is 25.7 Å². The minimum atomic E-state index is -1.84. The largest absolute Gasteiger partial charge is 0.486 e. The molecule has 0 fully saturated rings. The van der Waals surface area contributed by atoms with E-state index in [0.29, 0.717) is 16.7 Å². The fourth-order valence-electron chi connectivity index (χ4n) is 4.00. The normalized spacial score (nSPS) is 13.9. The molecule has 0 aliphatic carbocycles. The van der Waals surface area contributed by atoms with Gasteiger partial charge in [-0.2, -0.15) is 0 Å². The Bertz CT molecular complexity index is 1380. The lowest BCUT2D eigenvalue weighted by atomic mass is 9.97. The van der Waals surface area contributed by atoms with Gasteiger partial charge in [-0.3, -0.25) is 4.79 Å². The molecule has 1 amide bonds. The molecule has 200 valence electrons. The number of rotatable bonds is 8. The Morgan fingerprint density at radius 1 is 1.08 bits per heavy atom. The molecule has 2 N–H and O–H groups in total. The van der Waals surface area contributed by atoms with E-state index >= 15 is 0 Å². The van der Waals surface area contributed by atoms with Crippen LogP contribution in [-0.2, 0) is 11.2 Å². The van der Waals surface area contributed by atoms with Gasteiger partial charge in [-0.15, -0.1) is 0 Å². The van der Waals surface area contributed by atoms with Crippen LogP contribution >= 0.6 is 23.2 Å². The zero-order chi connectivity index (χ0) is 27.6. The monoisotopic (exact) mass is 569 g/mol. The molecule has 1 aliphatic rings. The maximum atomic E-state index is 14.5. The maximum absolute atomic E-state index is 14.5. The predicted molar refractivity (Wildman–Crippen MR) is 133 cm³/mol. The van der Waals surface area contributed by atoms with Crippen LogP contribution in [0.3, 0.4) is 0 Å². The number of amides is 1. The highest BCUT2D eigenvalue weighted by Crippen LogP contribution is 2.47. The maximum Gasteiger partial charge on any atom is 0.326 e. The second-order valence-electron chi connectivity index (χ2n) is 8.21. The molecule has 2 atom stereocenters. The van der Waals surface area contributed by atoms with Gasteiger partial charge in [-0.1, -0.05) is 35.3 Å². The summed E-state index contributed by atoms with van der Waals surface area (Å²) in [4.78, 5) is 24.9. The second kappa shape index (κ2) is 11.4. The Morgan fingerprint density at radius 2 is 1.74 bits per heavy atom. The van der Waals surface area contributed by atoms with Crippen LogP contribution in [0.15, 0.2) is 42.5 Å². The molecule has 0 saturated carbocycles. The van der Waals surface area contributed by atoms with Gasteiger partial charge in [0.05, 0.1) is 10.0 Å². The molecular weight excluding hydrogens is 550 g/mol. The third kappa shape index (κ3) is 5.76. The minimum Gasteiger partial charge on any atom is -0.486 e. The van der Waals surface area contributed by atoms with Gasteiger partial charge in [0.25, 0.3) is 5.91 Å². The van der Waals surface area contributed by atoms with Gasteiger partial charge in [0.1, 0.15) is 42.2 Å². The van der Waals surface area contributed by atoms with Gasteiger partial charge in [0.2, 0.25) is 6.36 Å². The number of carbonyl (C=O) groups is 2. The van der Waals surface area contributed by atoms with Crippen LogP contribution in [0.5, 0.6) is 17.2 Å². The Labute approximate surface area is 225 Å². The Kier molecular flexibility index (Phi) is 8.23. The van der Waals surface area contributed by atoms with E-state index in [4.69, 9.17) is 37.4 Å². The lowest BCUT2D eigenvalue weighted by Gasteiger charge is -2.25. The van der Waals surface area contributed by atoms with Gasteiger partial charge in [0.15, 0.2) is 11.5 Å². The third-order valence-electron chi connectivity index (χ3n) is 5.57. The molecule has 0 radical (unpaired) electrons. The average molecular weight is 570 g/mol. The topological polar surface area (TPSA) is 94.1 Å². The standard InChI is InChI=1S/C26H20Cl2F3NO6/c1-12(29)38-20-4-2-3-18(31)22(20)25(33)32-19(26(34)35)9-13-5-6-15(24-23(13)36-7-8-37-24)21-16(27)10-14(30)11-17(21)28/h2-6,10-12,19H,7-9H2,1H3,(H,32,33)(H,34,35)/t12?,19-/m0/s1. The number of hydrogen-bond donors (Lipinski definition) is 2. The Hall–Kier alpha value is -3.63. The number of carbonyl (C=O) groups excluding carboxylic acids is 1. The molecule has 0 spiro atoms. The van der Waals surface area contributed by atoms with Gasteiger partial charge in [-0.05, 0) is 30.3 Å². The van der Waals surface area contributed by atoms with Crippen molar-refractivity contribution in [3.05, 3.63) is 75.3 Å². The first-order valence-corrected chi connectivity index (χ1v) is 12.0. The summed E-state index contributed by atoms with van der Waals surface area (Å²) in [6, 6.07) is 7.10. The molecule has 0 aromatic heterocycles. The van der Waals surface area contributed by atoms with Crippen LogP contribution in [-0.4, -0.2) is 42.6 Å². The number of ether oxygens (including phenoxy) is 3. The number of hydrogen-bond acceptors (Lipinski definition) is 5. The summed E-state index contributed by atoms with van der Waals surface area (Å²) in [5.74, 6) is -4.16. The van der Waals surface area contributed by atoms with Gasteiger partial charge >= 0.3 is 5.97 Å². The number of aliphatic carboxylic acids is 1. The van der Waals surface area contributed by atoms with E-state index in [1.165, 1.54) is 18.2 Å². The van der Waals surface area contributed by atoms with Crippen LogP contribution in [0.4, 0.5) is 13.2 Å². The fourth-order valence-corrected chi connectivity index (χ4v) is 4.66. The molecule has 38 heavy (non-hydrogen) atoms. The molecule has 1 aliphatic heterocycles. The Balaban J connectivity index is 1.68. The van der Waals surface area contributed by atoms with Crippen molar-refractivity contribution in [2.75, 3.05) is 13.2 Å². The number of carboxylic acids is 1. The molecule has 1 unspecified atom stereocenters.